The fourth-order valence-electron chi connectivity index (χ4n) is 5.95. The van der Waals surface area contributed by atoms with Gasteiger partial charge >= 0.3 is 0 Å². The zero-order valence-electron chi connectivity index (χ0n) is 19.8. The molecule has 0 fully saturated rings. The summed E-state index contributed by atoms with van der Waals surface area (Å²) >= 11 is 0. The average molecular weight is 455 g/mol. The van der Waals surface area contributed by atoms with E-state index in [1.54, 1.807) is 0 Å². The molecule has 0 spiro atoms. The molecule has 1 amide bonds. The summed E-state index contributed by atoms with van der Waals surface area (Å²) in [6, 6.07) is 14.3. The summed E-state index contributed by atoms with van der Waals surface area (Å²) in [7, 11) is 0. The van der Waals surface area contributed by atoms with Crippen molar-refractivity contribution in [2.45, 2.75) is 51.4 Å². The number of hydrogen-bond donors (Lipinski definition) is 2. The van der Waals surface area contributed by atoms with Crippen molar-refractivity contribution in [3.63, 3.8) is 0 Å². The summed E-state index contributed by atoms with van der Waals surface area (Å²) in [5.41, 5.74) is 7.62. The number of aromatic nitrogens is 3. The molecular weight excluding hydrogens is 424 g/mol. The molecule has 6 rings (SSSR count). The lowest BCUT2D eigenvalue weighted by molar-refractivity contribution is -0.123. The van der Waals surface area contributed by atoms with Crippen molar-refractivity contribution < 1.29 is 9.53 Å². The number of benzene rings is 2. The molecule has 2 aromatic carbocycles. The molecule has 6 nitrogen and oxygen atoms in total. The van der Waals surface area contributed by atoms with Crippen LogP contribution in [-0.4, -0.2) is 34.2 Å². The molecule has 2 aliphatic rings. The Morgan fingerprint density at radius 1 is 1.09 bits per heavy atom. The SMILES string of the molecule is CCC1(CC)C(=O)N(CCOc2ccccc2)c2cc3c4c([nH]c3cc21)-c1[nH]ncc1CCC4. The van der Waals surface area contributed by atoms with Crippen molar-refractivity contribution in [3.05, 3.63) is 65.4 Å². The topological polar surface area (TPSA) is 74.0 Å². The average Bonchev–Trinajstić information content (AvgIpc) is 3.49. The van der Waals surface area contributed by atoms with E-state index in [9.17, 15) is 4.79 Å². The lowest BCUT2D eigenvalue weighted by Crippen LogP contribution is -2.41. The Bertz CT molecular complexity index is 1360. The number of anilines is 1. The monoisotopic (exact) mass is 454 g/mol. The van der Waals surface area contributed by atoms with Crippen molar-refractivity contribution in [2.24, 2.45) is 0 Å². The van der Waals surface area contributed by atoms with Gasteiger partial charge in [-0.3, -0.25) is 9.89 Å². The number of para-hydroxylation sites is 1. The van der Waals surface area contributed by atoms with Crippen molar-refractivity contribution in [2.75, 3.05) is 18.1 Å². The number of rotatable bonds is 6. The summed E-state index contributed by atoms with van der Waals surface area (Å²) in [6.45, 7) is 5.24. The predicted octanol–water partition coefficient (Wildman–Crippen LogP) is 5.53. The largest absolute Gasteiger partial charge is 0.492 e. The summed E-state index contributed by atoms with van der Waals surface area (Å²) in [5.74, 6) is 1.02. The summed E-state index contributed by atoms with van der Waals surface area (Å²) in [5, 5.41) is 8.71. The van der Waals surface area contributed by atoms with Crippen LogP contribution in [0.25, 0.3) is 22.3 Å². The van der Waals surface area contributed by atoms with Gasteiger partial charge in [0.25, 0.3) is 0 Å². The quantitative estimate of drug-likeness (QED) is 0.402. The molecule has 34 heavy (non-hydrogen) atoms. The lowest BCUT2D eigenvalue weighted by Gasteiger charge is -2.26. The van der Waals surface area contributed by atoms with Crippen molar-refractivity contribution in [1.29, 1.82) is 0 Å². The fraction of sp³-hybridized carbons (Fsp3) is 0.357. The van der Waals surface area contributed by atoms with Crippen LogP contribution < -0.4 is 9.64 Å². The predicted molar refractivity (Wildman–Crippen MR) is 134 cm³/mol. The van der Waals surface area contributed by atoms with Gasteiger partial charge in [0.2, 0.25) is 5.91 Å². The second kappa shape index (κ2) is 8.05. The van der Waals surface area contributed by atoms with Gasteiger partial charge in [-0.05, 0) is 73.1 Å². The number of amides is 1. The van der Waals surface area contributed by atoms with Crippen molar-refractivity contribution in [3.8, 4) is 17.1 Å². The van der Waals surface area contributed by atoms with E-state index in [0.29, 0.717) is 13.2 Å². The Hall–Kier alpha value is -3.54. The first-order valence-corrected chi connectivity index (χ1v) is 12.4. The van der Waals surface area contributed by atoms with E-state index in [4.69, 9.17) is 4.74 Å². The Labute approximate surface area is 199 Å². The fourth-order valence-corrected chi connectivity index (χ4v) is 5.95. The summed E-state index contributed by atoms with van der Waals surface area (Å²) in [4.78, 5) is 19.5. The highest BCUT2D eigenvalue weighted by Crippen LogP contribution is 2.49. The first kappa shape index (κ1) is 21.0. The molecule has 0 radical (unpaired) electrons. The Morgan fingerprint density at radius 3 is 2.71 bits per heavy atom. The number of carbonyl (C=O) groups is 1. The van der Waals surface area contributed by atoms with Crippen LogP contribution in [0.4, 0.5) is 5.69 Å². The maximum Gasteiger partial charge on any atom is 0.237 e. The van der Waals surface area contributed by atoms with E-state index in [1.807, 2.05) is 41.4 Å². The number of nitrogens with zero attached hydrogens (tertiary/aromatic N) is 2. The Morgan fingerprint density at radius 2 is 1.91 bits per heavy atom. The Kier molecular flexibility index (Phi) is 4.97. The smallest absolute Gasteiger partial charge is 0.237 e. The number of aryl methyl sites for hydroxylation is 2. The molecule has 3 heterocycles. The van der Waals surface area contributed by atoms with Crippen LogP contribution in [0.15, 0.2) is 48.7 Å². The standard InChI is InChI=1S/C28H30N4O2/c1-3-28(4-2)22-16-23-21(20-12-8-9-18-17-29-31-25(18)26(20)30-23)15-24(22)32(27(28)33)13-14-34-19-10-6-5-7-11-19/h5-7,10-11,15-17,30H,3-4,8-9,12-14H2,1-2H3,(H,29,31). The van der Waals surface area contributed by atoms with Gasteiger partial charge in [0.15, 0.2) is 0 Å². The van der Waals surface area contributed by atoms with Crippen LogP contribution in [0.3, 0.4) is 0 Å². The third-order valence-corrected chi connectivity index (χ3v) is 7.86. The van der Waals surface area contributed by atoms with Crippen LogP contribution in [-0.2, 0) is 23.1 Å². The molecule has 0 saturated heterocycles. The van der Waals surface area contributed by atoms with Gasteiger partial charge in [0, 0.05) is 16.6 Å². The van der Waals surface area contributed by atoms with Gasteiger partial charge in [0.05, 0.1) is 29.5 Å². The minimum absolute atomic E-state index is 0.193. The van der Waals surface area contributed by atoms with Gasteiger partial charge in [-0.15, -0.1) is 0 Å². The number of nitrogens with one attached hydrogen (secondary N) is 2. The zero-order valence-corrected chi connectivity index (χ0v) is 19.8. The molecule has 1 aliphatic heterocycles. The molecule has 0 unspecified atom stereocenters. The molecule has 0 atom stereocenters. The number of fused-ring (bicyclic) bond motifs is 6. The number of aromatic amines is 2. The third kappa shape index (κ3) is 3.01. The van der Waals surface area contributed by atoms with E-state index in [2.05, 4.69) is 41.2 Å². The van der Waals surface area contributed by atoms with E-state index >= 15 is 0 Å². The molecule has 6 heteroatoms. The first-order valence-electron chi connectivity index (χ1n) is 12.4. The molecular formula is C28H30N4O2. The zero-order chi connectivity index (χ0) is 23.3. The van der Waals surface area contributed by atoms with Crippen LogP contribution in [0.1, 0.15) is 49.8 Å². The molecule has 0 bridgehead atoms. The highest BCUT2D eigenvalue weighted by molar-refractivity contribution is 6.11. The second-order valence-electron chi connectivity index (χ2n) is 9.42. The van der Waals surface area contributed by atoms with Gasteiger partial charge in [-0.25, -0.2) is 0 Å². The molecule has 1 aliphatic carbocycles. The van der Waals surface area contributed by atoms with E-state index in [1.165, 1.54) is 16.5 Å². The van der Waals surface area contributed by atoms with Crippen LogP contribution in [0.5, 0.6) is 5.75 Å². The van der Waals surface area contributed by atoms with E-state index in [0.717, 1.165) is 66.0 Å². The van der Waals surface area contributed by atoms with E-state index in [-0.39, 0.29) is 5.91 Å². The van der Waals surface area contributed by atoms with Crippen molar-refractivity contribution in [1.82, 2.24) is 15.2 Å². The van der Waals surface area contributed by atoms with Gasteiger partial charge in [0.1, 0.15) is 12.4 Å². The minimum Gasteiger partial charge on any atom is -0.492 e. The first-order chi connectivity index (χ1) is 16.7. The number of carbonyl (C=O) groups excluding carboxylic acids is 1. The van der Waals surface area contributed by atoms with Gasteiger partial charge < -0.3 is 14.6 Å². The van der Waals surface area contributed by atoms with Gasteiger partial charge in [-0.2, -0.15) is 5.10 Å². The third-order valence-electron chi connectivity index (χ3n) is 7.86. The Balaban J connectivity index is 1.43. The van der Waals surface area contributed by atoms with Crippen molar-refractivity contribution >= 4 is 22.5 Å². The number of ether oxygens (including phenoxy) is 1. The number of hydrogen-bond acceptors (Lipinski definition) is 3. The summed E-state index contributed by atoms with van der Waals surface area (Å²) in [6.07, 6.45) is 6.63. The number of H-pyrrole nitrogens is 2. The van der Waals surface area contributed by atoms with Crippen LogP contribution >= 0.6 is 0 Å². The van der Waals surface area contributed by atoms with Crippen LogP contribution in [0, 0.1) is 0 Å². The second-order valence-corrected chi connectivity index (χ2v) is 9.42. The lowest BCUT2D eigenvalue weighted by atomic mass is 9.76. The maximum atomic E-state index is 13.8. The van der Waals surface area contributed by atoms with Gasteiger partial charge in [-0.1, -0.05) is 32.0 Å². The normalized spacial score (nSPS) is 16.3. The molecule has 2 aromatic heterocycles. The molecule has 174 valence electrons. The van der Waals surface area contributed by atoms with Crippen LogP contribution in [0.2, 0.25) is 0 Å². The minimum atomic E-state index is -0.488. The molecule has 2 N–H and O–H groups in total. The maximum absolute atomic E-state index is 13.8. The molecule has 0 saturated carbocycles. The molecule has 4 aromatic rings. The van der Waals surface area contributed by atoms with E-state index < -0.39 is 5.41 Å². The highest BCUT2D eigenvalue weighted by Gasteiger charge is 2.48. The highest BCUT2D eigenvalue weighted by atomic mass is 16.5. The summed E-state index contributed by atoms with van der Waals surface area (Å²) < 4.78 is 5.97.